The van der Waals surface area contributed by atoms with E-state index < -0.39 is 5.82 Å². The van der Waals surface area contributed by atoms with E-state index >= 15 is 0 Å². The number of anilines is 1. The van der Waals surface area contributed by atoms with Gasteiger partial charge in [0.1, 0.15) is 5.82 Å². The Morgan fingerprint density at radius 2 is 1.62 bits per heavy atom. The lowest BCUT2D eigenvalue weighted by Crippen LogP contribution is -2.32. The van der Waals surface area contributed by atoms with Gasteiger partial charge in [-0.05, 0) is 77.6 Å². The molecule has 0 unspecified atom stereocenters. The van der Waals surface area contributed by atoms with E-state index in [2.05, 4.69) is 27.3 Å². The highest BCUT2D eigenvalue weighted by Gasteiger charge is 2.19. The van der Waals surface area contributed by atoms with Gasteiger partial charge in [-0.1, -0.05) is 30.3 Å². The summed E-state index contributed by atoms with van der Waals surface area (Å²) in [6.45, 7) is 2.78. The highest BCUT2D eigenvalue weighted by molar-refractivity contribution is 5.98. The zero-order valence-corrected chi connectivity index (χ0v) is 23.6. The number of halogens is 1. The second-order valence-electron chi connectivity index (χ2n) is 10.6. The zero-order valence-electron chi connectivity index (χ0n) is 23.6. The average molecular weight is 566 g/mol. The Balaban J connectivity index is 1.08. The smallest absolute Gasteiger partial charge is 0.228 e. The Labute approximate surface area is 242 Å². The molecule has 2 N–H and O–H groups in total. The van der Waals surface area contributed by atoms with Crippen LogP contribution in [0.15, 0.2) is 77.6 Å². The Morgan fingerprint density at radius 3 is 2.36 bits per heavy atom. The number of nitrogens with one attached hydrogen (secondary N) is 2. The largest absolute Gasteiger partial charge is 0.493 e. The number of carbonyl (C=O) groups is 1. The van der Waals surface area contributed by atoms with Gasteiger partial charge in [0.15, 0.2) is 16.9 Å². The minimum atomic E-state index is -0.503. The second kappa shape index (κ2) is 11.7. The van der Waals surface area contributed by atoms with E-state index in [9.17, 15) is 14.0 Å². The van der Waals surface area contributed by atoms with Crippen LogP contribution in [0.1, 0.15) is 22.3 Å². The number of hydrogen-bond acceptors (Lipinski definition) is 5. The van der Waals surface area contributed by atoms with Crippen LogP contribution in [0.3, 0.4) is 0 Å². The number of para-hydroxylation sites is 2. The molecule has 0 atom stereocenters. The van der Waals surface area contributed by atoms with E-state index in [1.54, 1.807) is 38.5 Å². The predicted octanol–water partition coefficient (Wildman–Crippen LogP) is 5.62. The molecular formula is C34H32FN3O4. The Morgan fingerprint density at radius 1 is 0.929 bits per heavy atom. The van der Waals surface area contributed by atoms with Crippen LogP contribution >= 0.6 is 0 Å². The molecule has 0 radical (unpaired) electrons. The van der Waals surface area contributed by atoms with Crippen molar-refractivity contribution in [2.75, 3.05) is 32.6 Å². The van der Waals surface area contributed by atoms with Crippen LogP contribution in [0.2, 0.25) is 0 Å². The summed E-state index contributed by atoms with van der Waals surface area (Å²) in [5, 5.41) is 3.66. The quantitative estimate of drug-likeness (QED) is 0.239. The van der Waals surface area contributed by atoms with Crippen molar-refractivity contribution in [3.63, 3.8) is 0 Å². The fourth-order valence-electron chi connectivity index (χ4n) is 5.75. The molecule has 214 valence electrons. The zero-order chi connectivity index (χ0) is 29.2. The normalized spacial score (nSPS) is 13.2. The molecule has 5 aromatic rings. The second-order valence-corrected chi connectivity index (χ2v) is 10.6. The van der Waals surface area contributed by atoms with Gasteiger partial charge in [-0.25, -0.2) is 4.39 Å². The van der Waals surface area contributed by atoms with Crippen molar-refractivity contribution < 1.29 is 18.7 Å². The standard InChI is InChI=1S/C34H32FN3O4/c1-41-29-17-22-14-16-38(20-24(22)18-30(29)42-2)15-13-21-9-11-25(12-10-21)36-31(39)19-23-5-3-6-26-32(23)37-33-27(34(26)40)7-4-8-28(33)35/h3-12,17-18H,13-16,19-20H2,1-2H3,(H,36,39)(H,37,40). The van der Waals surface area contributed by atoms with E-state index in [1.807, 2.05) is 24.3 Å². The fraction of sp³-hybridized carbons (Fsp3) is 0.235. The summed E-state index contributed by atoms with van der Waals surface area (Å²) in [6, 6.07) is 21.7. The Hall–Kier alpha value is -4.69. The first kappa shape index (κ1) is 27.5. The van der Waals surface area contributed by atoms with Gasteiger partial charge in [-0.2, -0.15) is 0 Å². The van der Waals surface area contributed by atoms with Crippen molar-refractivity contribution in [2.24, 2.45) is 0 Å². The lowest BCUT2D eigenvalue weighted by Gasteiger charge is -2.29. The maximum absolute atomic E-state index is 14.4. The molecule has 6 rings (SSSR count). The lowest BCUT2D eigenvalue weighted by atomic mass is 9.98. The number of aromatic amines is 1. The number of ether oxygens (including phenoxy) is 2. The van der Waals surface area contributed by atoms with E-state index in [-0.39, 0.29) is 28.7 Å². The molecule has 1 aliphatic rings. The number of pyridine rings is 1. The maximum atomic E-state index is 14.4. The van der Waals surface area contributed by atoms with E-state index in [1.165, 1.54) is 28.8 Å². The van der Waals surface area contributed by atoms with Gasteiger partial charge in [0, 0.05) is 36.1 Å². The third-order valence-corrected chi connectivity index (χ3v) is 8.01. The first-order valence-corrected chi connectivity index (χ1v) is 14.0. The van der Waals surface area contributed by atoms with Gasteiger partial charge < -0.3 is 19.8 Å². The van der Waals surface area contributed by atoms with Crippen LogP contribution in [-0.2, 0) is 30.6 Å². The predicted molar refractivity (Wildman–Crippen MR) is 163 cm³/mol. The summed E-state index contributed by atoms with van der Waals surface area (Å²) in [6.07, 6.45) is 1.91. The fourth-order valence-corrected chi connectivity index (χ4v) is 5.75. The third kappa shape index (κ3) is 5.45. The minimum Gasteiger partial charge on any atom is -0.493 e. The van der Waals surface area contributed by atoms with Crippen LogP contribution in [0.4, 0.5) is 10.1 Å². The number of amides is 1. The maximum Gasteiger partial charge on any atom is 0.228 e. The summed E-state index contributed by atoms with van der Waals surface area (Å²) in [7, 11) is 3.32. The SMILES string of the molecule is COc1cc2c(cc1OC)CN(CCc1ccc(NC(=O)Cc3cccc4c(=O)c5cccc(F)c5[nH]c34)cc1)CC2. The number of benzene rings is 4. The summed E-state index contributed by atoms with van der Waals surface area (Å²) in [5.74, 6) is 0.806. The van der Waals surface area contributed by atoms with Crippen LogP contribution in [0.5, 0.6) is 11.5 Å². The van der Waals surface area contributed by atoms with Crippen molar-refractivity contribution in [3.05, 3.63) is 111 Å². The number of methoxy groups -OCH3 is 2. The molecule has 0 fully saturated rings. The molecule has 0 aliphatic carbocycles. The monoisotopic (exact) mass is 565 g/mol. The minimum absolute atomic E-state index is 0.0437. The van der Waals surface area contributed by atoms with Crippen molar-refractivity contribution in [1.82, 2.24) is 9.88 Å². The van der Waals surface area contributed by atoms with Crippen LogP contribution in [0, 0.1) is 5.82 Å². The van der Waals surface area contributed by atoms with Crippen molar-refractivity contribution >= 4 is 33.4 Å². The first-order valence-electron chi connectivity index (χ1n) is 14.0. The molecule has 7 nitrogen and oxygen atoms in total. The molecule has 1 aliphatic heterocycles. The summed E-state index contributed by atoms with van der Waals surface area (Å²) < 4.78 is 25.3. The Kier molecular flexibility index (Phi) is 7.63. The summed E-state index contributed by atoms with van der Waals surface area (Å²) in [4.78, 5) is 31.4. The number of nitrogens with zero attached hydrogens (tertiary/aromatic N) is 1. The van der Waals surface area contributed by atoms with Crippen LogP contribution in [0.25, 0.3) is 21.8 Å². The number of rotatable bonds is 8. The molecule has 2 heterocycles. The molecular weight excluding hydrogens is 533 g/mol. The number of carbonyl (C=O) groups excluding carboxylic acids is 1. The van der Waals surface area contributed by atoms with E-state index in [4.69, 9.17) is 9.47 Å². The topological polar surface area (TPSA) is 83.7 Å². The van der Waals surface area contributed by atoms with Crippen molar-refractivity contribution in [2.45, 2.75) is 25.8 Å². The molecule has 8 heteroatoms. The molecule has 0 saturated heterocycles. The lowest BCUT2D eigenvalue weighted by molar-refractivity contribution is -0.115. The number of H-pyrrole nitrogens is 1. The highest BCUT2D eigenvalue weighted by atomic mass is 19.1. The van der Waals surface area contributed by atoms with Gasteiger partial charge >= 0.3 is 0 Å². The van der Waals surface area contributed by atoms with Gasteiger partial charge in [-0.3, -0.25) is 14.5 Å². The molecule has 42 heavy (non-hydrogen) atoms. The van der Waals surface area contributed by atoms with Crippen molar-refractivity contribution in [1.29, 1.82) is 0 Å². The van der Waals surface area contributed by atoms with Gasteiger partial charge in [0.25, 0.3) is 0 Å². The average Bonchev–Trinajstić information content (AvgIpc) is 3.01. The highest BCUT2D eigenvalue weighted by Crippen LogP contribution is 2.33. The molecule has 0 spiro atoms. The molecule has 4 aromatic carbocycles. The van der Waals surface area contributed by atoms with Gasteiger partial charge in [0.2, 0.25) is 5.91 Å². The van der Waals surface area contributed by atoms with Crippen LogP contribution < -0.4 is 20.2 Å². The van der Waals surface area contributed by atoms with Gasteiger partial charge in [0.05, 0.1) is 31.7 Å². The van der Waals surface area contributed by atoms with Crippen molar-refractivity contribution in [3.8, 4) is 11.5 Å². The molecule has 0 saturated carbocycles. The first-order chi connectivity index (χ1) is 20.4. The summed E-state index contributed by atoms with van der Waals surface area (Å²) >= 11 is 0. The van der Waals surface area contributed by atoms with Gasteiger partial charge in [-0.15, -0.1) is 0 Å². The van der Waals surface area contributed by atoms with E-state index in [0.717, 1.165) is 44.0 Å². The molecule has 1 aromatic heterocycles. The number of aromatic nitrogens is 1. The summed E-state index contributed by atoms with van der Waals surface area (Å²) in [5.41, 5.74) is 5.45. The van der Waals surface area contributed by atoms with E-state index in [0.29, 0.717) is 22.2 Å². The Bertz CT molecular complexity index is 1850. The number of fused-ring (bicyclic) bond motifs is 3. The molecule has 1 amide bonds. The molecule has 0 bridgehead atoms. The third-order valence-electron chi connectivity index (χ3n) is 8.01. The number of hydrogen-bond donors (Lipinski definition) is 2. The van der Waals surface area contributed by atoms with Crippen LogP contribution in [-0.4, -0.2) is 43.1 Å².